The second-order valence-corrected chi connectivity index (χ2v) is 5.59. The highest BCUT2D eigenvalue weighted by Gasteiger charge is 2.21. The fraction of sp³-hybridized carbons (Fsp3) is 0.375. The zero-order chi connectivity index (χ0) is 16.2. The summed E-state index contributed by atoms with van der Waals surface area (Å²) in [5, 5.41) is 6.85. The Kier molecular flexibility index (Phi) is 4.36. The van der Waals surface area contributed by atoms with Crippen LogP contribution in [0.1, 0.15) is 31.4 Å². The van der Waals surface area contributed by atoms with E-state index >= 15 is 0 Å². The largest absolute Gasteiger partial charge is 0.350 e. The molecule has 0 spiro atoms. The molecule has 2 aromatic rings. The van der Waals surface area contributed by atoms with Crippen LogP contribution >= 0.6 is 0 Å². The summed E-state index contributed by atoms with van der Waals surface area (Å²) in [5.41, 5.74) is 1.85. The molecule has 7 heteroatoms. The number of nitrogens with zero attached hydrogens (tertiary/aromatic N) is 4. The van der Waals surface area contributed by atoms with Crippen molar-refractivity contribution in [1.82, 2.24) is 20.1 Å². The van der Waals surface area contributed by atoms with E-state index in [1.807, 2.05) is 24.3 Å². The molecular weight excluding hydrogens is 294 g/mol. The summed E-state index contributed by atoms with van der Waals surface area (Å²) in [4.78, 5) is 29.6. The van der Waals surface area contributed by atoms with Crippen LogP contribution in [0.4, 0.5) is 5.69 Å². The van der Waals surface area contributed by atoms with E-state index in [1.165, 1.54) is 17.3 Å². The number of hydrogen-bond donors (Lipinski definition) is 1. The molecule has 120 valence electrons. The van der Waals surface area contributed by atoms with Crippen molar-refractivity contribution in [2.75, 3.05) is 11.4 Å². The lowest BCUT2D eigenvalue weighted by atomic mass is 10.2. The number of nitrogens with one attached hydrogen (secondary N) is 1. The van der Waals surface area contributed by atoms with Crippen LogP contribution in [-0.4, -0.2) is 33.1 Å². The van der Waals surface area contributed by atoms with Crippen molar-refractivity contribution in [2.45, 2.75) is 32.4 Å². The molecule has 0 unspecified atom stereocenters. The van der Waals surface area contributed by atoms with E-state index in [2.05, 4.69) is 15.4 Å². The van der Waals surface area contributed by atoms with Gasteiger partial charge in [-0.3, -0.25) is 9.59 Å². The minimum atomic E-state index is -0.416. The normalized spacial score (nSPS) is 15.7. The molecule has 0 aliphatic carbocycles. The number of benzene rings is 1. The Balaban J connectivity index is 1.62. The maximum absolute atomic E-state index is 12.1. The lowest BCUT2D eigenvalue weighted by molar-refractivity contribution is -0.124. The van der Waals surface area contributed by atoms with Gasteiger partial charge >= 0.3 is 0 Å². The van der Waals surface area contributed by atoms with Crippen molar-refractivity contribution in [3.05, 3.63) is 42.5 Å². The first kappa shape index (κ1) is 15.2. The Labute approximate surface area is 134 Å². The average molecular weight is 313 g/mol. The lowest BCUT2D eigenvalue weighted by Crippen LogP contribution is -2.31. The Hall–Kier alpha value is -2.70. The third kappa shape index (κ3) is 3.39. The van der Waals surface area contributed by atoms with Gasteiger partial charge in [-0.15, -0.1) is 0 Å². The van der Waals surface area contributed by atoms with Crippen molar-refractivity contribution < 1.29 is 9.59 Å². The topological polar surface area (TPSA) is 80.1 Å². The summed E-state index contributed by atoms with van der Waals surface area (Å²) in [6.45, 7) is 2.94. The molecule has 0 saturated carbocycles. The van der Waals surface area contributed by atoms with Crippen LogP contribution in [0.15, 0.2) is 36.9 Å². The van der Waals surface area contributed by atoms with E-state index in [1.54, 1.807) is 11.8 Å². The maximum Gasteiger partial charge on any atom is 0.244 e. The first-order chi connectivity index (χ1) is 11.1. The van der Waals surface area contributed by atoms with Gasteiger partial charge in [-0.25, -0.2) is 9.67 Å². The molecular formula is C16H19N5O2. The third-order valence-electron chi connectivity index (χ3n) is 3.98. The predicted molar refractivity (Wildman–Crippen MR) is 84.6 cm³/mol. The fourth-order valence-electron chi connectivity index (χ4n) is 2.63. The number of hydrogen-bond acceptors (Lipinski definition) is 4. The van der Waals surface area contributed by atoms with Crippen LogP contribution in [0.3, 0.4) is 0 Å². The number of anilines is 1. The lowest BCUT2D eigenvalue weighted by Gasteiger charge is -2.17. The Morgan fingerprint density at radius 1 is 1.43 bits per heavy atom. The number of amides is 2. The molecule has 0 bridgehead atoms. The standard InChI is InChI=1S/C16H19N5O2/c1-12(21-11-17-10-19-21)16(23)18-9-13-4-2-5-14(8-13)20-7-3-6-15(20)22/h2,4-5,8,10-12H,3,6-7,9H2,1H3,(H,18,23)/t12-/m0/s1. The molecule has 1 saturated heterocycles. The highest BCUT2D eigenvalue weighted by Crippen LogP contribution is 2.22. The highest BCUT2D eigenvalue weighted by atomic mass is 16.2. The average Bonchev–Trinajstić information content (AvgIpc) is 3.23. The second kappa shape index (κ2) is 6.60. The zero-order valence-corrected chi connectivity index (χ0v) is 13.0. The minimum absolute atomic E-state index is 0.127. The summed E-state index contributed by atoms with van der Waals surface area (Å²) in [6.07, 6.45) is 4.43. The molecule has 1 aliphatic rings. The molecule has 2 amide bonds. The number of aromatic nitrogens is 3. The number of carbonyl (C=O) groups is 2. The molecule has 1 fully saturated rings. The molecule has 23 heavy (non-hydrogen) atoms. The van der Waals surface area contributed by atoms with Crippen molar-refractivity contribution >= 4 is 17.5 Å². The summed E-state index contributed by atoms with van der Waals surface area (Å²) < 4.78 is 1.51. The maximum atomic E-state index is 12.1. The van der Waals surface area contributed by atoms with Crippen molar-refractivity contribution in [3.8, 4) is 0 Å². The SMILES string of the molecule is C[C@@H](C(=O)NCc1cccc(N2CCCC2=O)c1)n1cncn1. The van der Waals surface area contributed by atoms with Gasteiger partial charge in [0.2, 0.25) is 11.8 Å². The van der Waals surface area contributed by atoms with Crippen LogP contribution in [-0.2, 0) is 16.1 Å². The molecule has 7 nitrogen and oxygen atoms in total. The van der Waals surface area contributed by atoms with Crippen LogP contribution in [0, 0.1) is 0 Å². The number of rotatable bonds is 5. The van der Waals surface area contributed by atoms with Crippen molar-refractivity contribution in [2.24, 2.45) is 0 Å². The van der Waals surface area contributed by atoms with Crippen molar-refractivity contribution in [1.29, 1.82) is 0 Å². The zero-order valence-electron chi connectivity index (χ0n) is 13.0. The molecule has 3 rings (SSSR count). The molecule has 1 atom stereocenters. The summed E-state index contributed by atoms with van der Waals surface area (Å²) in [7, 11) is 0. The van der Waals surface area contributed by atoms with E-state index in [-0.39, 0.29) is 11.8 Å². The Morgan fingerprint density at radius 2 is 2.30 bits per heavy atom. The summed E-state index contributed by atoms with van der Waals surface area (Å²) in [6, 6.07) is 7.30. The van der Waals surface area contributed by atoms with Crippen LogP contribution < -0.4 is 10.2 Å². The quantitative estimate of drug-likeness (QED) is 0.902. The summed E-state index contributed by atoms with van der Waals surface area (Å²) in [5.74, 6) is 0.0316. The number of carbonyl (C=O) groups excluding carboxylic acids is 2. The van der Waals surface area contributed by atoms with Gasteiger partial charge in [-0.1, -0.05) is 12.1 Å². The van der Waals surface area contributed by atoms with Gasteiger partial charge in [0.1, 0.15) is 18.7 Å². The molecule has 1 aromatic heterocycles. The van der Waals surface area contributed by atoms with Crippen LogP contribution in [0.5, 0.6) is 0 Å². The van der Waals surface area contributed by atoms with Crippen LogP contribution in [0.2, 0.25) is 0 Å². The van der Waals surface area contributed by atoms with Gasteiger partial charge < -0.3 is 10.2 Å². The predicted octanol–water partition coefficient (Wildman–Crippen LogP) is 1.28. The Morgan fingerprint density at radius 3 is 3.00 bits per heavy atom. The highest BCUT2D eigenvalue weighted by molar-refractivity contribution is 5.95. The van der Waals surface area contributed by atoms with Gasteiger partial charge in [-0.05, 0) is 31.0 Å². The van der Waals surface area contributed by atoms with Gasteiger partial charge in [0, 0.05) is 25.2 Å². The Bertz CT molecular complexity index is 698. The smallest absolute Gasteiger partial charge is 0.244 e. The fourth-order valence-corrected chi connectivity index (χ4v) is 2.63. The van der Waals surface area contributed by atoms with E-state index in [0.29, 0.717) is 13.0 Å². The first-order valence-electron chi connectivity index (χ1n) is 7.66. The third-order valence-corrected chi connectivity index (χ3v) is 3.98. The van der Waals surface area contributed by atoms with Crippen LogP contribution in [0.25, 0.3) is 0 Å². The van der Waals surface area contributed by atoms with Gasteiger partial charge in [0.05, 0.1) is 0 Å². The molecule has 1 aromatic carbocycles. The molecule has 1 aliphatic heterocycles. The minimum Gasteiger partial charge on any atom is -0.350 e. The molecule has 2 heterocycles. The second-order valence-electron chi connectivity index (χ2n) is 5.59. The van der Waals surface area contributed by atoms with Gasteiger partial charge in [-0.2, -0.15) is 5.10 Å². The summed E-state index contributed by atoms with van der Waals surface area (Å²) >= 11 is 0. The van der Waals surface area contributed by atoms with Gasteiger partial charge in [0.25, 0.3) is 0 Å². The molecule has 0 radical (unpaired) electrons. The first-order valence-corrected chi connectivity index (χ1v) is 7.66. The van der Waals surface area contributed by atoms with E-state index in [4.69, 9.17) is 0 Å². The van der Waals surface area contributed by atoms with E-state index < -0.39 is 6.04 Å². The molecule has 1 N–H and O–H groups in total. The van der Waals surface area contributed by atoms with E-state index in [0.717, 1.165) is 24.2 Å². The van der Waals surface area contributed by atoms with Gasteiger partial charge in [0.15, 0.2) is 0 Å². The van der Waals surface area contributed by atoms with E-state index in [9.17, 15) is 9.59 Å². The van der Waals surface area contributed by atoms with Crippen molar-refractivity contribution in [3.63, 3.8) is 0 Å². The monoisotopic (exact) mass is 313 g/mol.